The van der Waals surface area contributed by atoms with Gasteiger partial charge in [0.2, 0.25) is 5.91 Å². The smallest absolute Gasteiger partial charge is 0.306 e. The third-order valence-electron chi connectivity index (χ3n) is 4.69. The molecule has 0 fully saturated rings. The quantitative estimate of drug-likeness (QED) is 0.277. The minimum absolute atomic E-state index is 0.0931. The fourth-order valence-corrected chi connectivity index (χ4v) is 2.84. The van der Waals surface area contributed by atoms with E-state index >= 15 is 0 Å². The molecule has 0 aliphatic carbocycles. The van der Waals surface area contributed by atoms with Crippen LogP contribution in [-0.2, 0) is 14.3 Å². The number of nitrogens with one attached hydrogen (secondary N) is 1. The Morgan fingerprint density at radius 2 is 1.61 bits per heavy atom. The second-order valence-corrected chi connectivity index (χ2v) is 7.29. The summed E-state index contributed by atoms with van der Waals surface area (Å²) in [6.45, 7) is 1.54. The molecule has 0 aliphatic heterocycles. The number of rotatable bonds is 10. The highest BCUT2D eigenvalue weighted by molar-refractivity contribution is 6.07. The maximum Gasteiger partial charge on any atom is 0.306 e. The molecule has 3 rings (SSSR count). The van der Waals surface area contributed by atoms with Gasteiger partial charge >= 0.3 is 5.97 Å². The van der Waals surface area contributed by atoms with Crippen molar-refractivity contribution in [2.24, 2.45) is 0 Å². The average Bonchev–Trinajstić information content (AvgIpc) is 3.34. The molecule has 7 nitrogen and oxygen atoms in total. The van der Waals surface area contributed by atoms with Gasteiger partial charge in [0.25, 0.3) is 0 Å². The fraction of sp³-hybridized carbons (Fsp3) is 0.154. The van der Waals surface area contributed by atoms with E-state index in [1.807, 2.05) is 6.92 Å². The van der Waals surface area contributed by atoms with Crippen molar-refractivity contribution in [3.05, 3.63) is 95.5 Å². The van der Waals surface area contributed by atoms with Gasteiger partial charge < -0.3 is 14.5 Å². The average molecular weight is 445 g/mol. The van der Waals surface area contributed by atoms with Gasteiger partial charge in [-0.3, -0.25) is 19.2 Å². The lowest BCUT2D eigenvalue weighted by Crippen LogP contribution is -2.17. The summed E-state index contributed by atoms with van der Waals surface area (Å²) < 4.78 is 10.1. The molecule has 168 valence electrons. The van der Waals surface area contributed by atoms with Gasteiger partial charge in [0.05, 0.1) is 12.7 Å². The Balaban J connectivity index is 1.40. The fourth-order valence-electron chi connectivity index (χ4n) is 2.84. The Morgan fingerprint density at radius 1 is 0.909 bits per heavy atom. The molecule has 1 amide bonds. The van der Waals surface area contributed by atoms with Crippen LogP contribution in [0.15, 0.2) is 77.4 Å². The number of aryl methyl sites for hydroxylation is 1. The molecule has 0 radical (unpaired) electrons. The van der Waals surface area contributed by atoms with Crippen LogP contribution in [0.1, 0.15) is 44.9 Å². The van der Waals surface area contributed by atoms with Crippen LogP contribution >= 0.6 is 0 Å². The van der Waals surface area contributed by atoms with Crippen LogP contribution in [0.4, 0.5) is 5.69 Å². The number of hydrogen-bond acceptors (Lipinski definition) is 6. The third kappa shape index (κ3) is 7.43. The summed E-state index contributed by atoms with van der Waals surface area (Å²) in [5.74, 6) is -0.942. The Bertz CT molecular complexity index is 1140. The molecule has 0 spiro atoms. The summed E-state index contributed by atoms with van der Waals surface area (Å²) in [7, 11) is 0. The van der Waals surface area contributed by atoms with Crippen molar-refractivity contribution in [1.82, 2.24) is 0 Å². The number of allylic oxidation sites excluding steroid dienone is 1. The Morgan fingerprint density at radius 3 is 2.27 bits per heavy atom. The van der Waals surface area contributed by atoms with E-state index in [4.69, 9.17) is 9.15 Å². The molecular weight excluding hydrogens is 422 g/mol. The lowest BCUT2D eigenvalue weighted by Gasteiger charge is -2.07. The Labute approximate surface area is 191 Å². The molecule has 1 N–H and O–H groups in total. The van der Waals surface area contributed by atoms with Gasteiger partial charge in [-0.15, -0.1) is 0 Å². The zero-order chi connectivity index (χ0) is 23.6. The van der Waals surface area contributed by atoms with Crippen LogP contribution in [0.5, 0.6) is 0 Å². The van der Waals surface area contributed by atoms with Crippen molar-refractivity contribution < 1.29 is 28.3 Å². The zero-order valence-electron chi connectivity index (χ0n) is 18.1. The van der Waals surface area contributed by atoms with E-state index in [2.05, 4.69) is 5.32 Å². The molecule has 0 saturated heterocycles. The summed E-state index contributed by atoms with van der Waals surface area (Å²) in [4.78, 5) is 48.1. The van der Waals surface area contributed by atoms with Gasteiger partial charge in [0.15, 0.2) is 18.2 Å². The van der Waals surface area contributed by atoms with Crippen molar-refractivity contribution in [3.8, 4) is 0 Å². The lowest BCUT2D eigenvalue weighted by atomic mass is 10.1. The number of benzene rings is 2. The number of carbonyl (C=O) groups is 4. The molecule has 33 heavy (non-hydrogen) atoms. The number of carbonyl (C=O) groups excluding carboxylic acids is 4. The number of ketones is 2. The minimum atomic E-state index is -0.630. The summed E-state index contributed by atoms with van der Waals surface area (Å²) >= 11 is 0. The predicted octanol–water partition coefficient (Wildman–Crippen LogP) is 4.63. The van der Waals surface area contributed by atoms with Crippen LogP contribution < -0.4 is 5.32 Å². The first-order valence-electron chi connectivity index (χ1n) is 10.3. The monoisotopic (exact) mass is 445 g/mol. The summed E-state index contributed by atoms with van der Waals surface area (Å²) in [6, 6.07) is 16.8. The maximum absolute atomic E-state index is 12.2. The topological polar surface area (TPSA) is 103 Å². The Kier molecular flexibility index (Phi) is 8.07. The largest absolute Gasteiger partial charge is 0.465 e. The first kappa shape index (κ1) is 23.4. The SMILES string of the molecule is Cc1ccc(C(=O)COC(=O)CCC(=O)Nc2ccc(C(=O)/C=C/c3ccco3)cc2)cc1. The number of ether oxygens (including phenoxy) is 1. The molecule has 1 aromatic heterocycles. The van der Waals surface area contributed by atoms with Gasteiger partial charge in [-0.05, 0) is 55.5 Å². The van der Waals surface area contributed by atoms with Crippen LogP contribution in [0, 0.1) is 6.92 Å². The van der Waals surface area contributed by atoms with E-state index < -0.39 is 5.97 Å². The summed E-state index contributed by atoms with van der Waals surface area (Å²) in [5, 5.41) is 2.66. The van der Waals surface area contributed by atoms with Crippen LogP contribution in [0.25, 0.3) is 6.08 Å². The standard InChI is InChI=1S/C26H23NO6/c1-18-4-6-20(7-5-18)24(29)17-33-26(31)15-14-25(30)27-21-10-8-19(9-11-21)23(28)13-12-22-3-2-16-32-22/h2-13,16H,14-15,17H2,1H3,(H,27,30)/b13-12+. The molecule has 1 heterocycles. The van der Waals surface area contributed by atoms with Crippen LogP contribution in [0.2, 0.25) is 0 Å². The number of hydrogen-bond donors (Lipinski definition) is 1. The number of anilines is 1. The van der Waals surface area contributed by atoms with Crippen molar-refractivity contribution >= 4 is 35.2 Å². The van der Waals surface area contributed by atoms with Crippen LogP contribution in [-0.4, -0.2) is 30.0 Å². The highest BCUT2D eigenvalue weighted by atomic mass is 16.5. The molecule has 7 heteroatoms. The molecule has 0 saturated carbocycles. The maximum atomic E-state index is 12.2. The number of esters is 1. The van der Waals surface area contributed by atoms with Gasteiger partial charge in [0, 0.05) is 23.2 Å². The van der Waals surface area contributed by atoms with Gasteiger partial charge in [-0.25, -0.2) is 0 Å². The van der Waals surface area contributed by atoms with E-state index in [-0.39, 0.29) is 36.9 Å². The Hall–Kier alpha value is -4.26. The highest BCUT2D eigenvalue weighted by Crippen LogP contribution is 2.13. The normalized spacial score (nSPS) is 10.7. The number of furan rings is 1. The van der Waals surface area contributed by atoms with E-state index in [0.717, 1.165) is 5.56 Å². The lowest BCUT2D eigenvalue weighted by molar-refractivity contribution is -0.143. The van der Waals surface area contributed by atoms with E-state index in [0.29, 0.717) is 22.6 Å². The number of Topliss-reactive ketones (excluding diaryl/α,β-unsaturated/α-hetero) is 1. The molecule has 0 unspecified atom stereocenters. The molecule has 2 aromatic carbocycles. The molecule has 3 aromatic rings. The van der Waals surface area contributed by atoms with E-state index in [1.165, 1.54) is 12.3 Å². The summed E-state index contributed by atoms with van der Waals surface area (Å²) in [5.41, 5.74) is 2.44. The van der Waals surface area contributed by atoms with Gasteiger partial charge in [0.1, 0.15) is 5.76 Å². The predicted molar refractivity (Wildman–Crippen MR) is 123 cm³/mol. The number of amides is 1. The highest BCUT2D eigenvalue weighted by Gasteiger charge is 2.12. The van der Waals surface area contributed by atoms with Crippen LogP contribution in [0.3, 0.4) is 0 Å². The first-order chi connectivity index (χ1) is 15.9. The molecular formula is C26H23NO6. The molecule has 0 atom stereocenters. The second-order valence-electron chi connectivity index (χ2n) is 7.29. The van der Waals surface area contributed by atoms with Crippen molar-refractivity contribution in [3.63, 3.8) is 0 Å². The molecule has 0 aliphatic rings. The van der Waals surface area contributed by atoms with Gasteiger partial charge in [-0.1, -0.05) is 29.8 Å². The van der Waals surface area contributed by atoms with Crippen molar-refractivity contribution in [2.75, 3.05) is 11.9 Å². The van der Waals surface area contributed by atoms with Crippen molar-refractivity contribution in [2.45, 2.75) is 19.8 Å². The summed E-state index contributed by atoms with van der Waals surface area (Å²) in [6.07, 6.45) is 4.25. The minimum Gasteiger partial charge on any atom is -0.465 e. The van der Waals surface area contributed by atoms with Gasteiger partial charge in [-0.2, -0.15) is 0 Å². The third-order valence-corrected chi connectivity index (χ3v) is 4.69. The second kappa shape index (κ2) is 11.4. The first-order valence-corrected chi connectivity index (χ1v) is 10.3. The van der Waals surface area contributed by atoms with E-state index in [9.17, 15) is 19.2 Å². The zero-order valence-corrected chi connectivity index (χ0v) is 18.1. The molecule has 0 bridgehead atoms. The van der Waals surface area contributed by atoms with E-state index in [1.54, 1.807) is 66.7 Å². The van der Waals surface area contributed by atoms with Crippen molar-refractivity contribution in [1.29, 1.82) is 0 Å².